The number of aromatic nitrogens is 5. The average Bonchev–Trinajstić information content (AvgIpc) is 3.19. The molecule has 1 N–H and O–H groups in total. The Kier molecular flexibility index (Phi) is 4.15. The number of nitrogens with one attached hydrogen (secondary N) is 1. The van der Waals surface area contributed by atoms with Crippen molar-refractivity contribution in [1.82, 2.24) is 24.7 Å². The molecule has 6 heteroatoms. The predicted molar refractivity (Wildman–Crippen MR) is 83.9 cm³/mol. The molecule has 0 saturated carbocycles. The summed E-state index contributed by atoms with van der Waals surface area (Å²) < 4.78 is 1.97. The van der Waals surface area contributed by atoms with Crippen LogP contribution in [0.4, 0.5) is 0 Å². The second-order valence-electron chi connectivity index (χ2n) is 5.31. The van der Waals surface area contributed by atoms with Gasteiger partial charge in [0.2, 0.25) is 0 Å². The van der Waals surface area contributed by atoms with Crippen molar-refractivity contribution in [2.24, 2.45) is 0 Å². The number of H-pyrrole nitrogens is 1. The van der Waals surface area contributed by atoms with Crippen LogP contribution in [0.15, 0.2) is 31.0 Å². The van der Waals surface area contributed by atoms with Gasteiger partial charge in [0.15, 0.2) is 0 Å². The third-order valence-electron chi connectivity index (χ3n) is 3.81. The van der Waals surface area contributed by atoms with E-state index in [2.05, 4.69) is 33.0 Å². The first-order valence-electron chi connectivity index (χ1n) is 7.53. The number of nitrogens with zero attached hydrogens (tertiary/aromatic N) is 5. The van der Waals surface area contributed by atoms with Crippen LogP contribution in [-0.2, 0) is 0 Å². The molecule has 112 valence electrons. The summed E-state index contributed by atoms with van der Waals surface area (Å²) in [7, 11) is 0. The summed E-state index contributed by atoms with van der Waals surface area (Å²) in [5.41, 5.74) is 2.69. The predicted octanol–water partition coefficient (Wildman–Crippen LogP) is 3.47. The minimum atomic E-state index is 0.266. The van der Waals surface area contributed by atoms with Crippen molar-refractivity contribution in [2.75, 3.05) is 0 Å². The van der Waals surface area contributed by atoms with E-state index in [1.165, 1.54) is 0 Å². The van der Waals surface area contributed by atoms with Crippen LogP contribution in [0.25, 0.3) is 22.3 Å². The smallest absolute Gasteiger partial charge is 0.141 e. The van der Waals surface area contributed by atoms with E-state index in [-0.39, 0.29) is 6.04 Å². The summed E-state index contributed by atoms with van der Waals surface area (Å²) in [5, 5.41) is 14.3. The number of nitriles is 1. The van der Waals surface area contributed by atoms with Gasteiger partial charge in [-0.05, 0) is 18.9 Å². The van der Waals surface area contributed by atoms with Crippen LogP contribution in [0, 0.1) is 11.3 Å². The van der Waals surface area contributed by atoms with Gasteiger partial charge in [-0.2, -0.15) is 10.4 Å². The first-order chi connectivity index (χ1) is 10.8. The third kappa shape index (κ3) is 2.70. The Morgan fingerprint density at radius 3 is 3.09 bits per heavy atom. The molecule has 3 rings (SSSR count). The molecule has 3 heterocycles. The van der Waals surface area contributed by atoms with Crippen LogP contribution in [0.1, 0.15) is 38.6 Å². The molecule has 3 aromatic heterocycles. The molecule has 3 aromatic rings. The highest BCUT2D eigenvalue weighted by atomic mass is 15.3. The van der Waals surface area contributed by atoms with Crippen molar-refractivity contribution in [3.63, 3.8) is 0 Å². The molecule has 22 heavy (non-hydrogen) atoms. The zero-order valence-electron chi connectivity index (χ0n) is 12.5. The molecule has 0 bridgehead atoms. The van der Waals surface area contributed by atoms with Gasteiger partial charge in [-0.3, -0.25) is 4.68 Å². The topological polar surface area (TPSA) is 83.2 Å². The number of fused-ring (bicyclic) bond motifs is 1. The zero-order valence-corrected chi connectivity index (χ0v) is 12.5. The first-order valence-corrected chi connectivity index (χ1v) is 7.53. The van der Waals surface area contributed by atoms with E-state index in [1.807, 2.05) is 29.3 Å². The standard InChI is InChI=1S/C16H18N6/c1-2-4-13(5-3-7-17)22-10-12(9-21-22)15-14-6-8-18-16(14)20-11-19-15/h6,8-11,13H,2-5H2,1H3,(H,18,19,20). The van der Waals surface area contributed by atoms with Crippen molar-refractivity contribution in [1.29, 1.82) is 5.26 Å². The monoisotopic (exact) mass is 294 g/mol. The average molecular weight is 294 g/mol. The van der Waals surface area contributed by atoms with Gasteiger partial charge in [0, 0.05) is 29.8 Å². The van der Waals surface area contributed by atoms with E-state index in [1.54, 1.807) is 6.33 Å². The minimum Gasteiger partial charge on any atom is -0.346 e. The largest absolute Gasteiger partial charge is 0.346 e. The normalized spacial score (nSPS) is 12.4. The Morgan fingerprint density at radius 2 is 2.27 bits per heavy atom. The van der Waals surface area contributed by atoms with Gasteiger partial charge >= 0.3 is 0 Å². The molecule has 1 atom stereocenters. The Hall–Kier alpha value is -2.68. The lowest BCUT2D eigenvalue weighted by molar-refractivity contribution is 0.399. The van der Waals surface area contributed by atoms with Gasteiger partial charge in [0.1, 0.15) is 12.0 Å². The molecule has 0 fully saturated rings. The quantitative estimate of drug-likeness (QED) is 0.754. The summed E-state index contributed by atoms with van der Waals surface area (Å²) in [6, 6.07) is 4.46. The first kappa shape index (κ1) is 14.3. The fourth-order valence-electron chi connectivity index (χ4n) is 2.74. The molecular formula is C16H18N6. The molecule has 0 radical (unpaired) electrons. The van der Waals surface area contributed by atoms with Gasteiger partial charge in [0.05, 0.1) is 24.0 Å². The number of rotatable bonds is 6. The maximum absolute atomic E-state index is 8.81. The lowest BCUT2D eigenvalue weighted by atomic mass is 10.1. The molecule has 0 aliphatic rings. The third-order valence-corrected chi connectivity index (χ3v) is 3.81. The summed E-state index contributed by atoms with van der Waals surface area (Å²) in [6.07, 6.45) is 10.7. The second kappa shape index (κ2) is 6.39. The maximum Gasteiger partial charge on any atom is 0.141 e. The molecule has 0 spiro atoms. The van der Waals surface area contributed by atoms with Crippen LogP contribution >= 0.6 is 0 Å². The fourth-order valence-corrected chi connectivity index (χ4v) is 2.74. The Balaban J connectivity index is 1.92. The summed E-state index contributed by atoms with van der Waals surface area (Å²) in [6.45, 7) is 2.15. The van der Waals surface area contributed by atoms with Gasteiger partial charge in [-0.25, -0.2) is 9.97 Å². The number of hydrogen-bond acceptors (Lipinski definition) is 4. The van der Waals surface area contributed by atoms with Crippen LogP contribution < -0.4 is 0 Å². The molecular weight excluding hydrogens is 276 g/mol. The van der Waals surface area contributed by atoms with Crippen molar-refractivity contribution in [2.45, 2.75) is 38.6 Å². The van der Waals surface area contributed by atoms with E-state index < -0.39 is 0 Å². The van der Waals surface area contributed by atoms with Gasteiger partial charge in [0.25, 0.3) is 0 Å². The maximum atomic E-state index is 8.81. The molecule has 0 aliphatic carbocycles. The van der Waals surface area contributed by atoms with Gasteiger partial charge in [-0.1, -0.05) is 13.3 Å². The van der Waals surface area contributed by atoms with Gasteiger partial charge in [-0.15, -0.1) is 0 Å². The second-order valence-corrected chi connectivity index (χ2v) is 5.31. The van der Waals surface area contributed by atoms with Crippen molar-refractivity contribution in [3.8, 4) is 17.3 Å². The van der Waals surface area contributed by atoms with E-state index in [4.69, 9.17) is 5.26 Å². The fraction of sp³-hybridized carbons (Fsp3) is 0.375. The molecule has 0 aromatic carbocycles. The molecule has 0 amide bonds. The molecule has 1 unspecified atom stereocenters. The highest BCUT2D eigenvalue weighted by Crippen LogP contribution is 2.26. The minimum absolute atomic E-state index is 0.266. The van der Waals surface area contributed by atoms with Crippen LogP contribution in [0.2, 0.25) is 0 Å². The van der Waals surface area contributed by atoms with Crippen LogP contribution in [0.5, 0.6) is 0 Å². The van der Waals surface area contributed by atoms with E-state index in [9.17, 15) is 0 Å². The van der Waals surface area contributed by atoms with Crippen LogP contribution in [-0.4, -0.2) is 24.7 Å². The summed E-state index contributed by atoms with van der Waals surface area (Å²) in [4.78, 5) is 11.7. The Morgan fingerprint density at radius 1 is 1.36 bits per heavy atom. The van der Waals surface area contributed by atoms with Gasteiger partial charge < -0.3 is 4.98 Å². The van der Waals surface area contributed by atoms with Crippen molar-refractivity contribution < 1.29 is 0 Å². The van der Waals surface area contributed by atoms with E-state index in [0.29, 0.717) is 6.42 Å². The van der Waals surface area contributed by atoms with Crippen LogP contribution in [0.3, 0.4) is 0 Å². The Bertz CT molecular complexity index is 794. The number of hydrogen-bond donors (Lipinski definition) is 1. The lowest BCUT2D eigenvalue weighted by Gasteiger charge is -2.14. The highest BCUT2D eigenvalue weighted by molar-refractivity contribution is 5.89. The summed E-state index contributed by atoms with van der Waals surface area (Å²) in [5.74, 6) is 0. The molecule has 6 nitrogen and oxygen atoms in total. The number of aromatic amines is 1. The van der Waals surface area contributed by atoms with Crippen molar-refractivity contribution in [3.05, 3.63) is 31.0 Å². The van der Waals surface area contributed by atoms with Crippen molar-refractivity contribution >= 4 is 11.0 Å². The summed E-state index contributed by atoms with van der Waals surface area (Å²) >= 11 is 0. The molecule has 0 saturated heterocycles. The SMILES string of the molecule is CCCC(CCC#N)n1cc(-c2ncnc3[nH]ccc23)cn1. The van der Waals surface area contributed by atoms with E-state index >= 15 is 0 Å². The zero-order chi connectivity index (χ0) is 15.4. The Labute approximate surface area is 128 Å². The van der Waals surface area contributed by atoms with E-state index in [0.717, 1.165) is 41.6 Å². The molecule has 0 aliphatic heterocycles. The lowest BCUT2D eigenvalue weighted by Crippen LogP contribution is -2.09. The highest BCUT2D eigenvalue weighted by Gasteiger charge is 2.14.